The van der Waals surface area contributed by atoms with Gasteiger partial charge in [0.05, 0.1) is 12.5 Å². The van der Waals surface area contributed by atoms with Crippen LogP contribution in [0.2, 0.25) is 0 Å². The van der Waals surface area contributed by atoms with Crippen LogP contribution in [0, 0.1) is 25.6 Å². The number of halogens is 1. The molecule has 8 heteroatoms. The van der Waals surface area contributed by atoms with Crippen LogP contribution >= 0.6 is 11.3 Å². The first-order chi connectivity index (χ1) is 14.4. The van der Waals surface area contributed by atoms with E-state index in [2.05, 4.69) is 14.9 Å². The molecule has 6 nitrogen and oxygen atoms in total. The van der Waals surface area contributed by atoms with Crippen molar-refractivity contribution >= 4 is 39.1 Å². The number of methoxy groups -OCH3 is 1. The quantitative estimate of drug-likeness (QED) is 0.456. The van der Waals surface area contributed by atoms with E-state index >= 15 is 0 Å². The van der Waals surface area contributed by atoms with Crippen LogP contribution in [0.15, 0.2) is 24.3 Å². The molecule has 0 unspecified atom stereocenters. The fraction of sp³-hybridized carbons (Fsp3) is 0.364. The highest BCUT2D eigenvalue weighted by Gasteiger charge is 2.29. The number of benzene rings is 1. The fourth-order valence-corrected chi connectivity index (χ4v) is 5.08. The molecule has 4 rings (SSSR count). The van der Waals surface area contributed by atoms with Gasteiger partial charge < -0.3 is 9.64 Å². The molecule has 0 spiro atoms. The minimum atomic E-state index is -0.372. The number of aryl methyl sites for hydroxylation is 2. The van der Waals surface area contributed by atoms with Gasteiger partial charge in [-0.05, 0) is 56.5 Å². The number of Topliss-reactive ketones (excluding diaryl/α,β-unsaturated/α-hetero) is 1. The number of fused-ring (bicyclic) bond motifs is 1. The van der Waals surface area contributed by atoms with Gasteiger partial charge in [0.25, 0.3) is 0 Å². The normalized spacial score (nSPS) is 14.9. The summed E-state index contributed by atoms with van der Waals surface area (Å²) in [7, 11) is 1.37. The van der Waals surface area contributed by atoms with Gasteiger partial charge in [0.1, 0.15) is 27.2 Å². The van der Waals surface area contributed by atoms with E-state index in [4.69, 9.17) is 4.74 Å². The summed E-state index contributed by atoms with van der Waals surface area (Å²) in [5.41, 5.74) is 1.37. The Bertz CT molecular complexity index is 1120. The number of nitrogens with zero attached hydrogens (tertiary/aromatic N) is 3. The third kappa shape index (κ3) is 3.67. The molecule has 156 valence electrons. The Morgan fingerprint density at radius 1 is 1.13 bits per heavy atom. The third-order valence-electron chi connectivity index (χ3n) is 5.55. The molecule has 0 N–H and O–H groups in total. The van der Waals surface area contributed by atoms with Gasteiger partial charge in [0.2, 0.25) is 0 Å². The molecule has 0 aliphatic carbocycles. The number of anilines is 1. The van der Waals surface area contributed by atoms with Crippen LogP contribution in [0.5, 0.6) is 0 Å². The number of aromatic nitrogens is 2. The van der Waals surface area contributed by atoms with Gasteiger partial charge in [0.15, 0.2) is 5.78 Å². The van der Waals surface area contributed by atoms with Crippen molar-refractivity contribution in [1.29, 1.82) is 0 Å². The Balaban J connectivity index is 1.58. The molecular formula is C22H22FN3O3S. The molecule has 1 aromatic carbocycles. The Labute approximate surface area is 177 Å². The highest BCUT2D eigenvalue weighted by molar-refractivity contribution is 7.20. The van der Waals surface area contributed by atoms with Crippen LogP contribution in [-0.4, -0.2) is 41.9 Å². The Kier molecular flexibility index (Phi) is 5.51. The first-order valence-corrected chi connectivity index (χ1v) is 10.6. The molecule has 3 heterocycles. The molecule has 30 heavy (non-hydrogen) atoms. The minimum Gasteiger partial charge on any atom is -0.465 e. The van der Waals surface area contributed by atoms with Crippen molar-refractivity contribution < 1.29 is 18.7 Å². The van der Waals surface area contributed by atoms with E-state index in [1.54, 1.807) is 12.1 Å². The van der Waals surface area contributed by atoms with E-state index < -0.39 is 0 Å². The monoisotopic (exact) mass is 427 g/mol. The second kappa shape index (κ2) is 8.10. The highest BCUT2D eigenvalue weighted by atomic mass is 32.1. The lowest BCUT2D eigenvalue weighted by Crippen LogP contribution is -2.37. The summed E-state index contributed by atoms with van der Waals surface area (Å²) in [6.45, 7) is 5.07. The van der Waals surface area contributed by atoms with Gasteiger partial charge in [0, 0.05) is 24.6 Å². The molecule has 0 bridgehead atoms. The Morgan fingerprint density at radius 2 is 1.80 bits per heavy atom. The maximum atomic E-state index is 13.1. The molecule has 1 saturated heterocycles. The average molecular weight is 428 g/mol. The summed E-state index contributed by atoms with van der Waals surface area (Å²) in [6.07, 6.45) is 1.38. The zero-order valence-corrected chi connectivity index (χ0v) is 17.9. The second-order valence-corrected chi connectivity index (χ2v) is 8.45. The number of carbonyl (C=O) groups excluding carboxylic acids is 2. The van der Waals surface area contributed by atoms with Crippen LogP contribution in [0.4, 0.5) is 10.2 Å². The molecule has 3 aromatic rings. The topological polar surface area (TPSA) is 72.4 Å². The number of piperidine rings is 1. The van der Waals surface area contributed by atoms with E-state index in [9.17, 15) is 14.0 Å². The zero-order valence-electron chi connectivity index (χ0n) is 17.1. The number of hydrogen-bond donors (Lipinski definition) is 0. The summed E-state index contributed by atoms with van der Waals surface area (Å²) >= 11 is 1.32. The van der Waals surface area contributed by atoms with Crippen LogP contribution in [0.1, 0.15) is 44.3 Å². The fourth-order valence-electron chi connectivity index (χ4n) is 3.94. The van der Waals surface area contributed by atoms with Crippen LogP contribution in [0.3, 0.4) is 0 Å². The van der Waals surface area contributed by atoms with E-state index in [0.29, 0.717) is 42.2 Å². The highest BCUT2D eigenvalue weighted by Crippen LogP contribution is 2.37. The van der Waals surface area contributed by atoms with Gasteiger partial charge in [-0.15, -0.1) is 11.3 Å². The van der Waals surface area contributed by atoms with Crippen LogP contribution < -0.4 is 4.90 Å². The predicted molar refractivity (Wildman–Crippen MR) is 114 cm³/mol. The Morgan fingerprint density at radius 3 is 2.43 bits per heavy atom. The SMILES string of the molecule is COC(=O)c1sc2nc(C)nc(N3CCC(C(=O)c4ccc(F)cc4)CC3)c2c1C. The summed E-state index contributed by atoms with van der Waals surface area (Å²) in [5, 5.41) is 0.870. The van der Waals surface area contributed by atoms with Crippen molar-refractivity contribution in [3.05, 3.63) is 51.9 Å². The Hall–Kier alpha value is -2.87. The minimum absolute atomic E-state index is 0.0540. The maximum absolute atomic E-state index is 13.1. The summed E-state index contributed by atoms with van der Waals surface area (Å²) < 4.78 is 18.0. The number of carbonyl (C=O) groups is 2. The molecule has 0 radical (unpaired) electrons. The van der Waals surface area contributed by atoms with E-state index in [-0.39, 0.29) is 23.5 Å². The van der Waals surface area contributed by atoms with E-state index in [0.717, 1.165) is 21.6 Å². The molecule has 1 aliphatic rings. The van der Waals surface area contributed by atoms with Crippen molar-refractivity contribution in [3.8, 4) is 0 Å². The molecule has 0 atom stereocenters. The molecular weight excluding hydrogens is 405 g/mol. The average Bonchev–Trinajstić information content (AvgIpc) is 3.09. The maximum Gasteiger partial charge on any atom is 0.348 e. The lowest BCUT2D eigenvalue weighted by atomic mass is 9.89. The predicted octanol–water partition coefficient (Wildman–Crippen LogP) is 4.33. The van der Waals surface area contributed by atoms with Crippen molar-refractivity contribution in [3.63, 3.8) is 0 Å². The number of ether oxygens (including phenoxy) is 1. The molecule has 0 amide bonds. The summed E-state index contributed by atoms with van der Waals surface area (Å²) in [6, 6.07) is 5.73. The molecule has 2 aromatic heterocycles. The molecule has 1 aliphatic heterocycles. The van der Waals surface area contributed by atoms with Gasteiger partial charge in [-0.25, -0.2) is 19.2 Å². The first kappa shape index (κ1) is 20.4. The van der Waals surface area contributed by atoms with Crippen molar-refractivity contribution in [2.45, 2.75) is 26.7 Å². The smallest absolute Gasteiger partial charge is 0.348 e. The van der Waals surface area contributed by atoms with Crippen molar-refractivity contribution in [2.75, 3.05) is 25.1 Å². The number of esters is 1. The van der Waals surface area contributed by atoms with Gasteiger partial charge in [-0.2, -0.15) is 0 Å². The summed E-state index contributed by atoms with van der Waals surface area (Å²) in [5.74, 6) is 0.677. The standard InChI is InChI=1S/C22H22FN3O3S/c1-12-17-20(24-13(2)25-21(17)30-19(12)22(28)29-3)26-10-8-15(9-11-26)18(27)14-4-6-16(23)7-5-14/h4-7,15H,8-11H2,1-3H3. The number of thiophene rings is 1. The lowest BCUT2D eigenvalue weighted by molar-refractivity contribution is 0.0605. The van der Waals surface area contributed by atoms with Gasteiger partial charge >= 0.3 is 5.97 Å². The number of hydrogen-bond acceptors (Lipinski definition) is 7. The van der Waals surface area contributed by atoms with E-state index in [1.165, 1.54) is 30.6 Å². The summed E-state index contributed by atoms with van der Waals surface area (Å²) in [4.78, 5) is 37.5. The molecule has 1 fully saturated rings. The van der Waals surface area contributed by atoms with Crippen molar-refractivity contribution in [1.82, 2.24) is 9.97 Å². The largest absolute Gasteiger partial charge is 0.465 e. The zero-order chi connectivity index (χ0) is 21.4. The van der Waals surface area contributed by atoms with E-state index in [1.807, 2.05) is 13.8 Å². The van der Waals surface area contributed by atoms with Crippen LogP contribution in [-0.2, 0) is 4.74 Å². The molecule has 0 saturated carbocycles. The second-order valence-electron chi connectivity index (χ2n) is 7.45. The van der Waals surface area contributed by atoms with Gasteiger partial charge in [-0.3, -0.25) is 4.79 Å². The van der Waals surface area contributed by atoms with Crippen LogP contribution in [0.25, 0.3) is 10.2 Å². The third-order valence-corrected chi connectivity index (χ3v) is 6.71. The lowest BCUT2D eigenvalue weighted by Gasteiger charge is -2.32. The first-order valence-electron chi connectivity index (χ1n) is 9.79. The van der Waals surface area contributed by atoms with Gasteiger partial charge in [-0.1, -0.05) is 0 Å². The van der Waals surface area contributed by atoms with Crippen molar-refractivity contribution in [2.24, 2.45) is 5.92 Å². The number of ketones is 1. The number of rotatable bonds is 4.